The third-order valence-electron chi connectivity index (χ3n) is 11.0. The Balaban J connectivity index is 1.21. The van der Waals surface area contributed by atoms with E-state index in [9.17, 15) is 0 Å². The third-order valence-corrected chi connectivity index (χ3v) is 11.0. The molecule has 0 amide bonds. The molecule has 6 heteroatoms. The molecule has 0 spiro atoms. The highest BCUT2D eigenvalue weighted by atomic mass is 16.3. The van der Waals surface area contributed by atoms with Crippen LogP contribution in [0.25, 0.3) is 127 Å². The van der Waals surface area contributed by atoms with E-state index in [0.29, 0.717) is 11.7 Å². The summed E-state index contributed by atoms with van der Waals surface area (Å²) in [5.74, 6) is 0.531. The average Bonchev–Trinajstić information content (AvgIpc) is 3.94. The molecule has 0 atom stereocenters. The van der Waals surface area contributed by atoms with Crippen LogP contribution in [-0.4, -0.2) is 14.5 Å². The van der Waals surface area contributed by atoms with Gasteiger partial charge in [0.2, 0.25) is 11.7 Å². The van der Waals surface area contributed by atoms with Gasteiger partial charge in [-0.25, -0.2) is 4.98 Å². The molecule has 8 aromatic carbocycles. The molecule has 0 bridgehead atoms. The van der Waals surface area contributed by atoms with Crippen molar-refractivity contribution < 1.29 is 13.3 Å². The SMILES string of the molecule is c1ccc2c(c1)oc1cc(-c3nc(-n4c5cccc6c7ccccc7c7cccc8oc9ccc4c(c9c87)c65)nc4oc5ccccc5c34)ccc12. The Kier molecular flexibility index (Phi) is 4.78. The summed E-state index contributed by atoms with van der Waals surface area (Å²) in [7, 11) is 0. The lowest BCUT2D eigenvalue weighted by atomic mass is 9.95. The van der Waals surface area contributed by atoms with Crippen LogP contribution in [0.4, 0.5) is 0 Å². The number of benzene rings is 7. The van der Waals surface area contributed by atoms with E-state index in [-0.39, 0.29) is 0 Å². The largest absolute Gasteiger partial charge is 0.456 e. The molecule has 0 aliphatic heterocycles. The first kappa shape index (κ1) is 26.7. The van der Waals surface area contributed by atoms with Crippen molar-refractivity contribution in [3.05, 3.63) is 140 Å². The minimum absolute atomic E-state index is 0.531. The number of furan rings is 3. The van der Waals surface area contributed by atoms with Crippen LogP contribution < -0.4 is 0 Å². The monoisotopic (exact) mass is 665 g/mol. The molecule has 6 nitrogen and oxygen atoms in total. The van der Waals surface area contributed by atoms with Crippen LogP contribution >= 0.6 is 0 Å². The fourth-order valence-electron chi connectivity index (χ4n) is 8.87. The van der Waals surface area contributed by atoms with Crippen molar-refractivity contribution in [1.82, 2.24) is 14.5 Å². The summed E-state index contributed by atoms with van der Waals surface area (Å²) < 4.78 is 21.6. The maximum absolute atomic E-state index is 6.57. The van der Waals surface area contributed by atoms with E-state index in [2.05, 4.69) is 108 Å². The standard InChI is InChI=1S/C46H23N3O3/c1-2-10-26-25(9-1)29-13-7-15-32-39(29)42-33(21-22-37-43(42)40-30(26)14-8-18-36(40)51-37)49(32)46-47-44(41-31-12-4-6-17-35(31)52-45(41)48-46)24-19-20-28-27-11-3-5-16-34(27)50-38(28)23-24/h1-23H. The quantitative estimate of drug-likeness (QED) is 0.184. The summed E-state index contributed by atoms with van der Waals surface area (Å²) in [5.41, 5.74) is 8.42. The van der Waals surface area contributed by atoms with E-state index in [1.165, 1.54) is 10.8 Å². The highest BCUT2D eigenvalue weighted by Crippen LogP contribution is 2.47. The van der Waals surface area contributed by atoms with Gasteiger partial charge in [0.25, 0.3) is 0 Å². The minimum atomic E-state index is 0.531. The first-order chi connectivity index (χ1) is 25.8. The molecular formula is C46H23N3O3. The second kappa shape index (κ2) is 9.33. The Bertz CT molecular complexity index is 3650. The van der Waals surface area contributed by atoms with Gasteiger partial charge in [0.05, 0.1) is 22.1 Å². The fourth-order valence-corrected chi connectivity index (χ4v) is 8.87. The Morgan fingerprint density at radius 2 is 0.981 bits per heavy atom. The predicted octanol–water partition coefficient (Wildman–Crippen LogP) is 12.7. The highest BCUT2D eigenvalue weighted by molar-refractivity contribution is 6.38. The Labute approximate surface area is 293 Å². The van der Waals surface area contributed by atoms with Crippen molar-refractivity contribution in [3.8, 4) is 17.2 Å². The molecular weight excluding hydrogens is 643 g/mol. The van der Waals surface area contributed by atoms with Crippen LogP contribution in [0.5, 0.6) is 0 Å². The summed E-state index contributed by atoms with van der Waals surface area (Å²) in [4.78, 5) is 10.7. The number of para-hydroxylation sites is 2. The van der Waals surface area contributed by atoms with E-state index >= 15 is 0 Å². The zero-order chi connectivity index (χ0) is 33.7. The summed E-state index contributed by atoms with van der Waals surface area (Å²) in [6.45, 7) is 0. The van der Waals surface area contributed by atoms with Crippen LogP contribution in [0, 0.1) is 0 Å². The van der Waals surface area contributed by atoms with Gasteiger partial charge in [0.1, 0.15) is 27.9 Å². The number of rotatable bonds is 2. The number of nitrogens with zero attached hydrogens (tertiary/aromatic N) is 3. The van der Waals surface area contributed by atoms with Crippen LogP contribution in [0.1, 0.15) is 0 Å². The molecule has 0 fully saturated rings. The van der Waals surface area contributed by atoms with Gasteiger partial charge in [-0.3, -0.25) is 4.57 Å². The van der Waals surface area contributed by atoms with Crippen molar-refractivity contribution in [2.24, 2.45) is 0 Å². The number of aromatic nitrogens is 3. The van der Waals surface area contributed by atoms with Gasteiger partial charge in [-0.15, -0.1) is 0 Å². The van der Waals surface area contributed by atoms with E-state index in [0.717, 1.165) is 104 Å². The van der Waals surface area contributed by atoms with Gasteiger partial charge in [-0.05, 0) is 70.1 Å². The maximum Gasteiger partial charge on any atom is 0.238 e. The number of fused-ring (bicyclic) bond motifs is 9. The Morgan fingerprint density at radius 3 is 1.83 bits per heavy atom. The molecule has 0 unspecified atom stereocenters. The van der Waals surface area contributed by atoms with Gasteiger partial charge in [-0.1, -0.05) is 91.0 Å². The van der Waals surface area contributed by atoms with Gasteiger partial charge in [0, 0.05) is 43.3 Å². The molecule has 0 radical (unpaired) electrons. The molecule has 52 heavy (non-hydrogen) atoms. The van der Waals surface area contributed by atoms with Crippen molar-refractivity contribution in [2.45, 2.75) is 0 Å². The molecule has 0 aliphatic rings. The zero-order valence-electron chi connectivity index (χ0n) is 27.3. The lowest BCUT2D eigenvalue weighted by Crippen LogP contribution is -2.02. The van der Waals surface area contributed by atoms with Gasteiger partial charge in [-0.2, -0.15) is 4.98 Å². The third kappa shape index (κ3) is 3.25. The normalized spacial score (nSPS) is 12.6. The molecule has 0 saturated carbocycles. The summed E-state index contributed by atoms with van der Waals surface area (Å²) in [6.07, 6.45) is 0. The molecule has 0 saturated heterocycles. The lowest BCUT2D eigenvalue weighted by Gasteiger charge is -2.10. The van der Waals surface area contributed by atoms with Crippen LogP contribution in [0.3, 0.4) is 0 Å². The Morgan fingerprint density at radius 1 is 0.365 bits per heavy atom. The second-order valence-corrected chi connectivity index (χ2v) is 13.7. The molecule has 13 rings (SSSR count). The van der Waals surface area contributed by atoms with Crippen LogP contribution in [0.2, 0.25) is 0 Å². The molecule has 240 valence electrons. The Hall–Kier alpha value is -7.18. The minimum Gasteiger partial charge on any atom is -0.456 e. The van der Waals surface area contributed by atoms with Gasteiger partial charge < -0.3 is 13.3 Å². The van der Waals surface area contributed by atoms with E-state index < -0.39 is 0 Å². The predicted molar refractivity (Wildman–Crippen MR) is 210 cm³/mol. The van der Waals surface area contributed by atoms with E-state index in [1.807, 2.05) is 36.4 Å². The van der Waals surface area contributed by atoms with Crippen LogP contribution in [0.15, 0.2) is 153 Å². The van der Waals surface area contributed by atoms with Crippen molar-refractivity contribution >= 4 is 109 Å². The molecule has 0 N–H and O–H groups in total. The first-order valence-electron chi connectivity index (χ1n) is 17.4. The van der Waals surface area contributed by atoms with E-state index in [4.69, 9.17) is 23.2 Å². The summed E-state index contributed by atoms with van der Waals surface area (Å²) >= 11 is 0. The van der Waals surface area contributed by atoms with E-state index in [1.54, 1.807) is 0 Å². The molecule has 5 heterocycles. The fraction of sp³-hybridized carbons (Fsp3) is 0. The average molecular weight is 666 g/mol. The van der Waals surface area contributed by atoms with Crippen LogP contribution in [-0.2, 0) is 0 Å². The summed E-state index contributed by atoms with van der Waals surface area (Å²) in [5, 5.41) is 13.2. The van der Waals surface area contributed by atoms with Gasteiger partial charge in [0.15, 0.2) is 0 Å². The maximum atomic E-state index is 6.57. The lowest BCUT2D eigenvalue weighted by molar-refractivity contribution is 0.651. The first-order valence-corrected chi connectivity index (χ1v) is 17.4. The zero-order valence-corrected chi connectivity index (χ0v) is 27.3. The second-order valence-electron chi connectivity index (χ2n) is 13.7. The number of hydrogen-bond acceptors (Lipinski definition) is 5. The van der Waals surface area contributed by atoms with Gasteiger partial charge >= 0.3 is 0 Å². The molecule has 0 aliphatic carbocycles. The topological polar surface area (TPSA) is 70.1 Å². The van der Waals surface area contributed by atoms with Crippen molar-refractivity contribution in [3.63, 3.8) is 0 Å². The highest BCUT2D eigenvalue weighted by Gasteiger charge is 2.25. The smallest absolute Gasteiger partial charge is 0.238 e. The summed E-state index contributed by atoms with van der Waals surface area (Å²) in [6, 6.07) is 48.4. The molecule has 5 aromatic heterocycles. The molecule has 13 aromatic rings. The van der Waals surface area contributed by atoms with Crippen molar-refractivity contribution in [1.29, 1.82) is 0 Å². The van der Waals surface area contributed by atoms with Crippen molar-refractivity contribution in [2.75, 3.05) is 0 Å². The number of hydrogen-bond donors (Lipinski definition) is 0.